The molecule has 0 aliphatic carbocycles. The van der Waals surface area contributed by atoms with Gasteiger partial charge in [-0.05, 0) is 17.9 Å². The third-order valence-electron chi connectivity index (χ3n) is 4.72. The van der Waals surface area contributed by atoms with Crippen molar-refractivity contribution in [2.24, 2.45) is 4.99 Å². The molecule has 3 rings (SSSR count). The van der Waals surface area contributed by atoms with E-state index in [9.17, 15) is 4.79 Å². The quantitative estimate of drug-likeness (QED) is 0.525. The molecule has 10 heteroatoms. The first-order chi connectivity index (χ1) is 14.1. The number of carbonyl (C=O) groups is 1. The molecule has 0 spiro atoms. The number of nitrogens with zero attached hydrogens (tertiary/aromatic N) is 6. The molecule has 29 heavy (non-hydrogen) atoms. The number of anilines is 1. The Morgan fingerprint density at radius 2 is 2.10 bits per heavy atom. The van der Waals surface area contributed by atoms with Crippen LogP contribution in [0.5, 0.6) is 0 Å². The highest BCUT2D eigenvalue weighted by molar-refractivity contribution is 7.10. The molecule has 2 aromatic heterocycles. The number of aryl methyl sites for hydroxylation is 1. The van der Waals surface area contributed by atoms with Gasteiger partial charge in [-0.15, -0.1) is 11.3 Å². The van der Waals surface area contributed by atoms with E-state index in [0.29, 0.717) is 0 Å². The average Bonchev–Trinajstić information content (AvgIpc) is 3.42. The van der Waals surface area contributed by atoms with Crippen LogP contribution in [-0.4, -0.2) is 84.4 Å². The molecule has 0 atom stereocenters. The van der Waals surface area contributed by atoms with Gasteiger partial charge >= 0.3 is 0 Å². The van der Waals surface area contributed by atoms with Crippen molar-refractivity contribution >= 4 is 39.9 Å². The molecular formula is C19H29N7OS2. The van der Waals surface area contributed by atoms with Gasteiger partial charge in [0.15, 0.2) is 5.96 Å². The Kier molecular flexibility index (Phi) is 7.82. The SMILES string of the molecule is CCc1nsc(N2CCN(C(=NCC(=O)N(C)C)NCCc3cccs3)CC2)n1. The van der Waals surface area contributed by atoms with Crippen molar-refractivity contribution in [2.45, 2.75) is 19.8 Å². The lowest BCUT2D eigenvalue weighted by molar-refractivity contribution is -0.127. The highest BCUT2D eigenvalue weighted by Gasteiger charge is 2.22. The Labute approximate surface area is 180 Å². The third-order valence-corrected chi connectivity index (χ3v) is 6.47. The fourth-order valence-corrected chi connectivity index (χ4v) is 4.44. The van der Waals surface area contributed by atoms with Crippen molar-refractivity contribution in [2.75, 3.05) is 58.3 Å². The number of aromatic nitrogens is 2. The van der Waals surface area contributed by atoms with Gasteiger partial charge in [0.1, 0.15) is 12.4 Å². The largest absolute Gasteiger partial charge is 0.356 e. The highest BCUT2D eigenvalue weighted by Crippen LogP contribution is 2.19. The minimum absolute atomic E-state index is 0.00199. The summed E-state index contributed by atoms with van der Waals surface area (Å²) in [5.74, 6) is 1.72. The summed E-state index contributed by atoms with van der Waals surface area (Å²) in [6.07, 6.45) is 1.81. The van der Waals surface area contributed by atoms with Crippen LogP contribution in [-0.2, 0) is 17.6 Å². The van der Waals surface area contributed by atoms with Crippen LogP contribution < -0.4 is 10.2 Å². The minimum atomic E-state index is 0.00199. The van der Waals surface area contributed by atoms with Gasteiger partial charge in [0.2, 0.25) is 11.0 Å². The van der Waals surface area contributed by atoms with Gasteiger partial charge in [0.05, 0.1) is 0 Å². The summed E-state index contributed by atoms with van der Waals surface area (Å²) in [5, 5.41) is 6.55. The summed E-state index contributed by atoms with van der Waals surface area (Å²) in [6, 6.07) is 4.21. The van der Waals surface area contributed by atoms with Crippen molar-refractivity contribution in [1.82, 2.24) is 24.5 Å². The zero-order chi connectivity index (χ0) is 20.6. The van der Waals surface area contributed by atoms with Crippen LogP contribution >= 0.6 is 22.9 Å². The van der Waals surface area contributed by atoms with E-state index >= 15 is 0 Å². The second-order valence-electron chi connectivity index (χ2n) is 7.00. The Bertz CT molecular complexity index is 795. The maximum absolute atomic E-state index is 12.0. The van der Waals surface area contributed by atoms with Crippen LogP contribution in [0.25, 0.3) is 0 Å². The van der Waals surface area contributed by atoms with Crippen LogP contribution in [0.2, 0.25) is 0 Å². The van der Waals surface area contributed by atoms with Crippen molar-refractivity contribution < 1.29 is 4.79 Å². The zero-order valence-electron chi connectivity index (χ0n) is 17.3. The van der Waals surface area contributed by atoms with Crippen LogP contribution in [0.3, 0.4) is 0 Å². The number of rotatable bonds is 7. The smallest absolute Gasteiger partial charge is 0.243 e. The van der Waals surface area contributed by atoms with E-state index in [0.717, 1.165) is 62.5 Å². The molecule has 0 saturated carbocycles. The van der Waals surface area contributed by atoms with Crippen molar-refractivity contribution in [3.05, 3.63) is 28.2 Å². The van der Waals surface area contributed by atoms with Gasteiger partial charge in [0, 0.05) is 69.6 Å². The van der Waals surface area contributed by atoms with Gasteiger partial charge in [-0.2, -0.15) is 4.37 Å². The number of piperazine rings is 1. The first kappa shape index (κ1) is 21.5. The van der Waals surface area contributed by atoms with E-state index in [2.05, 4.69) is 53.9 Å². The lowest BCUT2D eigenvalue weighted by atomic mass is 10.3. The molecule has 1 aliphatic heterocycles. The fraction of sp³-hybridized carbons (Fsp3) is 0.579. The van der Waals surface area contributed by atoms with E-state index in [4.69, 9.17) is 0 Å². The zero-order valence-corrected chi connectivity index (χ0v) is 18.9. The lowest BCUT2D eigenvalue weighted by Crippen LogP contribution is -2.53. The maximum Gasteiger partial charge on any atom is 0.243 e. The molecule has 8 nitrogen and oxygen atoms in total. The number of carbonyl (C=O) groups excluding carboxylic acids is 1. The predicted octanol–water partition coefficient (Wildman–Crippen LogP) is 1.56. The highest BCUT2D eigenvalue weighted by atomic mass is 32.1. The van der Waals surface area contributed by atoms with E-state index in [1.807, 2.05) is 0 Å². The molecule has 1 fully saturated rings. The summed E-state index contributed by atoms with van der Waals surface area (Å²) >= 11 is 3.23. The van der Waals surface area contributed by atoms with E-state index in [-0.39, 0.29) is 12.5 Å². The van der Waals surface area contributed by atoms with Crippen molar-refractivity contribution in [3.63, 3.8) is 0 Å². The van der Waals surface area contributed by atoms with Gasteiger partial charge in [-0.3, -0.25) is 4.79 Å². The van der Waals surface area contributed by atoms with Gasteiger partial charge in [0.25, 0.3) is 0 Å². The van der Waals surface area contributed by atoms with Crippen LogP contribution in [0, 0.1) is 0 Å². The van der Waals surface area contributed by atoms with Gasteiger partial charge in [-0.25, -0.2) is 9.98 Å². The molecule has 0 bridgehead atoms. The van der Waals surface area contributed by atoms with Crippen molar-refractivity contribution in [1.29, 1.82) is 0 Å². The average molecular weight is 436 g/mol. The Balaban J connectivity index is 1.59. The van der Waals surface area contributed by atoms with Crippen molar-refractivity contribution in [3.8, 4) is 0 Å². The second kappa shape index (κ2) is 10.5. The topological polar surface area (TPSA) is 77.0 Å². The van der Waals surface area contributed by atoms with E-state index < -0.39 is 0 Å². The molecule has 1 saturated heterocycles. The molecule has 0 aromatic carbocycles. The first-order valence-electron chi connectivity index (χ1n) is 9.90. The van der Waals surface area contributed by atoms with Crippen LogP contribution in [0.15, 0.2) is 22.5 Å². The van der Waals surface area contributed by atoms with E-state index in [1.165, 1.54) is 16.4 Å². The number of thiophene rings is 1. The molecule has 0 unspecified atom stereocenters. The molecule has 158 valence electrons. The number of hydrogen-bond acceptors (Lipinski definition) is 7. The first-order valence-corrected chi connectivity index (χ1v) is 11.6. The summed E-state index contributed by atoms with van der Waals surface area (Å²) in [4.78, 5) is 28.6. The molecule has 2 aromatic rings. The fourth-order valence-electron chi connectivity index (χ4n) is 2.93. The second-order valence-corrected chi connectivity index (χ2v) is 8.77. The van der Waals surface area contributed by atoms with Gasteiger partial charge in [-0.1, -0.05) is 13.0 Å². The number of amides is 1. The number of aliphatic imine (C=N–C) groups is 1. The molecule has 0 radical (unpaired) electrons. The van der Waals surface area contributed by atoms with Crippen LogP contribution in [0.4, 0.5) is 5.13 Å². The third kappa shape index (κ3) is 6.14. The molecular weight excluding hydrogens is 406 g/mol. The molecule has 1 aliphatic rings. The Morgan fingerprint density at radius 3 is 2.72 bits per heavy atom. The normalized spacial score (nSPS) is 14.9. The lowest BCUT2D eigenvalue weighted by Gasteiger charge is -2.36. The minimum Gasteiger partial charge on any atom is -0.356 e. The predicted molar refractivity (Wildman–Crippen MR) is 120 cm³/mol. The number of nitrogens with one attached hydrogen (secondary N) is 1. The molecule has 3 heterocycles. The van der Waals surface area contributed by atoms with E-state index in [1.54, 1.807) is 30.3 Å². The molecule has 1 amide bonds. The van der Waals surface area contributed by atoms with Crippen LogP contribution in [0.1, 0.15) is 17.6 Å². The van der Waals surface area contributed by atoms with Gasteiger partial charge < -0.3 is 20.0 Å². The standard InChI is InChI=1S/C19H29N7OS2/c1-4-16-22-19(29-23-16)26-11-9-25(10-12-26)18(21-14-17(27)24(2)3)20-8-7-15-6-5-13-28-15/h5-6,13H,4,7-12,14H2,1-3H3,(H,20,21). The summed E-state index contributed by atoms with van der Waals surface area (Å²) in [7, 11) is 3.51. The Hall–Kier alpha value is -2.20. The maximum atomic E-state index is 12.0. The number of guanidine groups is 1. The summed E-state index contributed by atoms with van der Waals surface area (Å²) in [6.45, 7) is 6.43. The monoisotopic (exact) mass is 435 g/mol. The summed E-state index contributed by atoms with van der Waals surface area (Å²) in [5.41, 5.74) is 0. The number of hydrogen-bond donors (Lipinski definition) is 1. The molecule has 1 N–H and O–H groups in total. The Morgan fingerprint density at radius 1 is 1.31 bits per heavy atom. The summed E-state index contributed by atoms with van der Waals surface area (Å²) < 4.78 is 4.39. The number of likely N-dealkylation sites (N-methyl/N-ethyl adjacent to an activating group) is 1.